The van der Waals surface area contributed by atoms with Crippen LogP contribution in [0, 0.1) is 5.92 Å². The number of carbonyl (C=O) groups excluding carboxylic acids is 1. The Morgan fingerprint density at radius 3 is 2.85 bits per heavy atom. The molecule has 2 heterocycles. The van der Waals surface area contributed by atoms with Crippen LogP contribution in [-0.4, -0.2) is 22.6 Å². The zero-order valence-corrected chi connectivity index (χ0v) is 15.6. The third kappa shape index (κ3) is 2.94. The lowest BCUT2D eigenvalue weighted by atomic mass is 9.89. The van der Waals surface area contributed by atoms with Gasteiger partial charge in [-0.15, -0.1) is 11.3 Å². The molecule has 0 aliphatic heterocycles. The lowest BCUT2D eigenvalue weighted by Crippen LogP contribution is -2.22. The second-order valence-electron chi connectivity index (χ2n) is 6.90. The molecule has 26 heavy (non-hydrogen) atoms. The normalized spacial score (nSPS) is 16.5. The molecule has 0 saturated heterocycles. The van der Waals surface area contributed by atoms with Crippen molar-refractivity contribution in [2.45, 2.75) is 32.7 Å². The predicted octanol–water partition coefficient (Wildman–Crippen LogP) is 3.42. The highest BCUT2D eigenvalue weighted by Gasteiger charge is 2.23. The van der Waals surface area contributed by atoms with Crippen LogP contribution in [0.15, 0.2) is 35.4 Å². The summed E-state index contributed by atoms with van der Waals surface area (Å²) < 4.78 is 6.36. The van der Waals surface area contributed by atoms with Gasteiger partial charge >= 0.3 is 5.97 Å². The van der Waals surface area contributed by atoms with E-state index in [9.17, 15) is 9.59 Å². The Hall–Kier alpha value is -2.47. The molecule has 0 amide bonds. The zero-order valence-electron chi connectivity index (χ0n) is 14.8. The van der Waals surface area contributed by atoms with Crippen molar-refractivity contribution in [1.82, 2.24) is 9.55 Å². The van der Waals surface area contributed by atoms with E-state index in [1.54, 1.807) is 34.4 Å². The maximum atomic E-state index is 13.0. The van der Waals surface area contributed by atoms with Crippen LogP contribution in [0.5, 0.6) is 0 Å². The van der Waals surface area contributed by atoms with Crippen molar-refractivity contribution in [2.24, 2.45) is 5.92 Å². The van der Waals surface area contributed by atoms with Gasteiger partial charge in [-0.2, -0.15) is 0 Å². The number of thiophene rings is 1. The highest BCUT2D eigenvalue weighted by molar-refractivity contribution is 7.18. The topological polar surface area (TPSA) is 61.2 Å². The van der Waals surface area contributed by atoms with Crippen molar-refractivity contribution in [3.8, 4) is 0 Å². The lowest BCUT2D eigenvalue weighted by Gasteiger charge is -2.17. The Labute approximate surface area is 155 Å². The smallest absolute Gasteiger partial charge is 0.337 e. The number of methoxy groups -OCH3 is 1. The van der Waals surface area contributed by atoms with Crippen LogP contribution < -0.4 is 5.56 Å². The van der Waals surface area contributed by atoms with Gasteiger partial charge in [0.2, 0.25) is 0 Å². The van der Waals surface area contributed by atoms with Crippen molar-refractivity contribution in [2.75, 3.05) is 7.11 Å². The molecule has 1 aromatic carbocycles. The fourth-order valence-electron chi connectivity index (χ4n) is 3.54. The number of hydrogen-bond acceptors (Lipinski definition) is 5. The number of nitrogens with zero attached hydrogens (tertiary/aromatic N) is 2. The van der Waals surface area contributed by atoms with E-state index in [4.69, 9.17) is 4.74 Å². The van der Waals surface area contributed by atoms with Gasteiger partial charge in [0, 0.05) is 4.88 Å². The highest BCUT2D eigenvalue weighted by atomic mass is 32.1. The summed E-state index contributed by atoms with van der Waals surface area (Å²) in [5, 5.41) is 0.797. The molecule has 1 atom stereocenters. The Kier molecular flexibility index (Phi) is 4.36. The van der Waals surface area contributed by atoms with Crippen molar-refractivity contribution in [1.29, 1.82) is 0 Å². The Morgan fingerprint density at radius 1 is 1.35 bits per heavy atom. The van der Waals surface area contributed by atoms with E-state index in [0.29, 0.717) is 18.0 Å². The van der Waals surface area contributed by atoms with Crippen LogP contribution in [0.2, 0.25) is 0 Å². The first-order chi connectivity index (χ1) is 12.6. The molecule has 1 aliphatic carbocycles. The summed E-state index contributed by atoms with van der Waals surface area (Å²) in [7, 11) is 1.36. The molecule has 0 radical (unpaired) electrons. The summed E-state index contributed by atoms with van der Waals surface area (Å²) in [5.41, 5.74) is 2.67. The first-order valence-electron chi connectivity index (χ1n) is 8.73. The third-order valence-electron chi connectivity index (χ3n) is 5.01. The Balaban J connectivity index is 1.68. The Bertz CT molecular complexity index is 1030. The molecule has 0 fully saturated rings. The first kappa shape index (κ1) is 17.0. The number of aryl methyl sites for hydroxylation is 1. The molecule has 1 aliphatic rings. The molecule has 0 saturated carbocycles. The van der Waals surface area contributed by atoms with Gasteiger partial charge in [-0.05, 0) is 48.4 Å². The molecule has 5 nitrogen and oxygen atoms in total. The summed E-state index contributed by atoms with van der Waals surface area (Å²) >= 11 is 1.66. The minimum Gasteiger partial charge on any atom is -0.465 e. The second kappa shape index (κ2) is 6.68. The first-order valence-corrected chi connectivity index (χ1v) is 9.55. The van der Waals surface area contributed by atoms with Crippen molar-refractivity contribution < 1.29 is 9.53 Å². The monoisotopic (exact) mass is 368 g/mol. The van der Waals surface area contributed by atoms with E-state index in [1.165, 1.54) is 17.6 Å². The molecule has 4 rings (SSSR count). The number of rotatable bonds is 3. The van der Waals surface area contributed by atoms with E-state index in [2.05, 4.69) is 11.9 Å². The number of aromatic nitrogens is 2. The fourth-order valence-corrected chi connectivity index (χ4v) is 4.88. The number of fused-ring (bicyclic) bond motifs is 3. The van der Waals surface area contributed by atoms with Crippen LogP contribution >= 0.6 is 11.3 Å². The fraction of sp³-hybridized carbons (Fsp3) is 0.350. The van der Waals surface area contributed by atoms with Crippen LogP contribution in [0.25, 0.3) is 10.2 Å². The second-order valence-corrected chi connectivity index (χ2v) is 7.98. The average Bonchev–Trinajstić information content (AvgIpc) is 3.02. The van der Waals surface area contributed by atoms with Crippen LogP contribution in [0.1, 0.15) is 39.7 Å². The molecule has 0 spiro atoms. The molecule has 0 N–H and O–H groups in total. The molecule has 3 aromatic rings. The third-order valence-corrected chi connectivity index (χ3v) is 6.17. The van der Waals surface area contributed by atoms with Crippen LogP contribution in [-0.2, 0) is 24.1 Å². The number of benzene rings is 1. The lowest BCUT2D eigenvalue weighted by molar-refractivity contribution is 0.0600. The quantitative estimate of drug-likeness (QED) is 0.665. The predicted molar refractivity (Wildman–Crippen MR) is 102 cm³/mol. The molecular formula is C20H20N2O3S. The minimum absolute atomic E-state index is 0.0269. The van der Waals surface area contributed by atoms with E-state index in [1.807, 2.05) is 12.1 Å². The standard InChI is InChI=1S/C20H20N2O3S/c1-12-3-8-15-16(9-12)26-18-17(15)19(23)22(11-21-18)10-13-4-6-14(7-5-13)20(24)25-2/h4-7,11-12H,3,8-10H2,1-2H3/t12-/m1/s1. The van der Waals surface area contributed by atoms with Crippen LogP contribution in [0.4, 0.5) is 0 Å². The maximum Gasteiger partial charge on any atom is 0.337 e. The maximum absolute atomic E-state index is 13.0. The molecule has 0 unspecified atom stereocenters. The number of ether oxygens (including phenoxy) is 1. The van der Waals surface area contributed by atoms with Gasteiger partial charge in [0.1, 0.15) is 4.83 Å². The molecule has 0 bridgehead atoms. The minimum atomic E-state index is -0.365. The summed E-state index contributed by atoms with van der Waals surface area (Å²) in [6, 6.07) is 7.11. The summed E-state index contributed by atoms with van der Waals surface area (Å²) in [4.78, 5) is 31.3. The highest BCUT2D eigenvalue weighted by Crippen LogP contribution is 2.35. The molecule has 2 aromatic heterocycles. The van der Waals surface area contributed by atoms with Gasteiger partial charge in [-0.25, -0.2) is 9.78 Å². The number of esters is 1. The number of hydrogen-bond donors (Lipinski definition) is 0. The summed E-state index contributed by atoms with van der Waals surface area (Å²) in [6.45, 7) is 2.70. The molecular weight excluding hydrogens is 348 g/mol. The van der Waals surface area contributed by atoms with Crippen molar-refractivity contribution >= 4 is 27.5 Å². The van der Waals surface area contributed by atoms with Crippen molar-refractivity contribution in [3.05, 3.63) is 62.5 Å². The van der Waals surface area contributed by atoms with Crippen molar-refractivity contribution in [3.63, 3.8) is 0 Å². The molecule has 6 heteroatoms. The van der Waals surface area contributed by atoms with E-state index >= 15 is 0 Å². The van der Waals surface area contributed by atoms with E-state index in [-0.39, 0.29) is 11.5 Å². The van der Waals surface area contributed by atoms with E-state index in [0.717, 1.165) is 35.0 Å². The largest absolute Gasteiger partial charge is 0.465 e. The van der Waals surface area contributed by atoms with E-state index < -0.39 is 0 Å². The summed E-state index contributed by atoms with van der Waals surface area (Å²) in [5.74, 6) is 0.307. The molecule has 134 valence electrons. The van der Waals surface area contributed by atoms with Gasteiger partial charge in [0.05, 0.1) is 30.9 Å². The van der Waals surface area contributed by atoms with Gasteiger partial charge in [-0.3, -0.25) is 9.36 Å². The average molecular weight is 368 g/mol. The van der Waals surface area contributed by atoms with Gasteiger partial charge in [0.15, 0.2) is 0 Å². The Morgan fingerprint density at radius 2 is 2.12 bits per heavy atom. The number of carbonyl (C=O) groups is 1. The SMILES string of the molecule is COC(=O)c1ccc(Cn2cnc3sc4c(c3c2=O)CC[C@@H](C)C4)cc1. The van der Waals surface area contributed by atoms with Crippen LogP contribution in [0.3, 0.4) is 0 Å². The zero-order chi connectivity index (χ0) is 18.3. The van der Waals surface area contributed by atoms with Gasteiger partial charge in [-0.1, -0.05) is 19.1 Å². The van der Waals surface area contributed by atoms with Gasteiger partial charge < -0.3 is 4.74 Å². The van der Waals surface area contributed by atoms with Gasteiger partial charge in [0.25, 0.3) is 5.56 Å². The summed E-state index contributed by atoms with van der Waals surface area (Å²) in [6.07, 6.45) is 4.77.